The van der Waals surface area contributed by atoms with Crippen LogP contribution >= 0.6 is 0 Å². The van der Waals surface area contributed by atoms with Crippen molar-refractivity contribution < 1.29 is 9.18 Å². The van der Waals surface area contributed by atoms with E-state index in [9.17, 15) is 9.18 Å². The van der Waals surface area contributed by atoms with E-state index in [2.05, 4.69) is 43.4 Å². The van der Waals surface area contributed by atoms with Crippen LogP contribution in [0.2, 0.25) is 0 Å². The first-order valence-electron chi connectivity index (χ1n) is 9.78. The number of amides is 1. The fourth-order valence-electron chi connectivity index (χ4n) is 3.27. The summed E-state index contributed by atoms with van der Waals surface area (Å²) in [4.78, 5) is 12.3. The second-order valence-electron chi connectivity index (χ2n) is 7.48. The summed E-state index contributed by atoms with van der Waals surface area (Å²) in [6.45, 7) is 9.15. The average Bonchev–Trinajstić information content (AvgIpc) is 3.10. The van der Waals surface area contributed by atoms with Crippen LogP contribution in [-0.4, -0.2) is 15.7 Å². The molecule has 2 aromatic carbocycles. The lowest BCUT2D eigenvalue weighted by Crippen LogP contribution is -2.19. The molecule has 29 heavy (non-hydrogen) atoms. The predicted molar refractivity (Wildman–Crippen MR) is 113 cm³/mol. The molecule has 5 nitrogen and oxygen atoms in total. The quantitative estimate of drug-likeness (QED) is 0.592. The van der Waals surface area contributed by atoms with Gasteiger partial charge in [-0.25, -0.2) is 4.39 Å². The summed E-state index contributed by atoms with van der Waals surface area (Å²) < 4.78 is 15.0. The highest BCUT2D eigenvalue weighted by Gasteiger charge is 2.14. The van der Waals surface area contributed by atoms with Gasteiger partial charge in [0, 0.05) is 41.1 Å². The molecule has 0 aliphatic rings. The minimum absolute atomic E-state index is 0.170. The van der Waals surface area contributed by atoms with Crippen molar-refractivity contribution in [2.24, 2.45) is 0 Å². The van der Waals surface area contributed by atoms with Crippen LogP contribution in [0.4, 0.5) is 10.1 Å². The molecule has 1 aromatic heterocycles. The second kappa shape index (κ2) is 9.01. The van der Waals surface area contributed by atoms with Crippen LogP contribution in [0.5, 0.6) is 0 Å². The smallest absolute Gasteiger partial charge is 0.255 e. The SMILES string of the molecule is Cc1c([C@@H](C)NCc2ccc(C(=O)Nc3ccc(F)cc3)cc2)cnn1C(C)C. The number of carbonyl (C=O) groups is 1. The van der Waals surface area contributed by atoms with Crippen molar-refractivity contribution in [2.45, 2.75) is 46.3 Å². The molecular formula is C23H27FN4O. The largest absolute Gasteiger partial charge is 0.322 e. The number of benzene rings is 2. The van der Waals surface area contributed by atoms with Crippen LogP contribution in [0.25, 0.3) is 0 Å². The van der Waals surface area contributed by atoms with Gasteiger partial charge in [0.25, 0.3) is 5.91 Å². The first kappa shape index (κ1) is 20.7. The lowest BCUT2D eigenvalue weighted by molar-refractivity contribution is 0.102. The van der Waals surface area contributed by atoms with E-state index in [1.165, 1.54) is 35.5 Å². The lowest BCUT2D eigenvalue weighted by Gasteiger charge is -2.15. The van der Waals surface area contributed by atoms with Gasteiger partial charge in [-0.3, -0.25) is 9.48 Å². The third-order valence-electron chi connectivity index (χ3n) is 4.97. The first-order valence-corrected chi connectivity index (χ1v) is 9.78. The normalized spacial score (nSPS) is 12.2. The number of halogens is 1. The summed E-state index contributed by atoms with van der Waals surface area (Å²) in [5.74, 6) is -0.554. The monoisotopic (exact) mass is 394 g/mol. The lowest BCUT2D eigenvalue weighted by atomic mass is 10.1. The van der Waals surface area contributed by atoms with Crippen molar-refractivity contribution in [3.8, 4) is 0 Å². The van der Waals surface area contributed by atoms with Crippen LogP contribution in [0.1, 0.15) is 60.0 Å². The molecule has 0 radical (unpaired) electrons. The van der Waals surface area contributed by atoms with E-state index in [-0.39, 0.29) is 17.8 Å². The third-order valence-corrected chi connectivity index (χ3v) is 4.97. The maximum Gasteiger partial charge on any atom is 0.255 e. The van der Waals surface area contributed by atoms with E-state index in [1.54, 1.807) is 12.1 Å². The van der Waals surface area contributed by atoms with Gasteiger partial charge < -0.3 is 10.6 Å². The fourth-order valence-corrected chi connectivity index (χ4v) is 3.27. The molecule has 1 amide bonds. The van der Waals surface area contributed by atoms with Crippen molar-refractivity contribution in [3.63, 3.8) is 0 Å². The van der Waals surface area contributed by atoms with Gasteiger partial charge in [-0.2, -0.15) is 5.10 Å². The number of hydrogen-bond acceptors (Lipinski definition) is 3. The van der Waals surface area contributed by atoms with E-state index in [0.29, 0.717) is 23.8 Å². The minimum Gasteiger partial charge on any atom is -0.322 e. The molecule has 0 fully saturated rings. The second-order valence-corrected chi connectivity index (χ2v) is 7.48. The number of aromatic nitrogens is 2. The molecule has 0 aliphatic carbocycles. The van der Waals surface area contributed by atoms with E-state index in [4.69, 9.17) is 0 Å². The van der Waals surface area contributed by atoms with Gasteiger partial charge in [0.15, 0.2) is 0 Å². The molecule has 0 bridgehead atoms. The van der Waals surface area contributed by atoms with E-state index in [1.807, 2.05) is 23.0 Å². The van der Waals surface area contributed by atoms with Crippen molar-refractivity contribution in [1.29, 1.82) is 0 Å². The maximum atomic E-state index is 13.0. The zero-order valence-electron chi connectivity index (χ0n) is 17.2. The highest BCUT2D eigenvalue weighted by atomic mass is 19.1. The van der Waals surface area contributed by atoms with Crippen LogP contribution in [0.15, 0.2) is 54.7 Å². The Hall–Kier alpha value is -2.99. The first-order chi connectivity index (χ1) is 13.8. The summed E-state index contributed by atoms with van der Waals surface area (Å²) in [5, 5.41) is 10.7. The van der Waals surface area contributed by atoms with E-state index < -0.39 is 0 Å². The highest BCUT2D eigenvalue weighted by molar-refractivity contribution is 6.04. The number of carbonyl (C=O) groups excluding carboxylic acids is 1. The van der Waals surface area contributed by atoms with E-state index >= 15 is 0 Å². The minimum atomic E-state index is -0.333. The molecule has 0 spiro atoms. The summed E-state index contributed by atoms with van der Waals surface area (Å²) in [7, 11) is 0. The molecule has 0 unspecified atom stereocenters. The van der Waals surface area contributed by atoms with Gasteiger partial charge in [-0.1, -0.05) is 12.1 Å². The van der Waals surface area contributed by atoms with Crippen molar-refractivity contribution in [3.05, 3.63) is 82.9 Å². The fraction of sp³-hybridized carbons (Fsp3) is 0.304. The third kappa shape index (κ3) is 5.09. The molecule has 6 heteroatoms. The Bertz CT molecular complexity index is 962. The summed E-state index contributed by atoms with van der Waals surface area (Å²) in [6.07, 6.45) is 1.93. The summed E-state index contributed by atoms with van der Waals surface area (Å²) in [5.41, 5.74) is 4.57. The molecule has 2 N–H and O–H groups in total. The van der Waals surface area contributed by atoms with Crippen LogP contribution in [-0.2, 0) is 6.54 Å². The zero-order valence-corrected chi connectivity index (χ0v) is 17.2. The molecular weight excluding hydrogens is 367 g/mol. The highest BCUT2D eigenvalue weighted by Crippen LogP contribution is 2.20. The van der Waals surface area contributed by atoms with Gasteiger partial charge in [-0.05, 0) is 69.7 Å². The van der Waals surface area contributed by atoms with Crippen LogP contribution in [0, 0.1) is 12.7 Å². The Morgan fingerprint density at radius 1 is 1.07 bits per heavy atom. The summed E-state index contributed by atoms with van der Waals surface area (Å²) >= 11 is 0. The van der Waals surface area contributed by atoms with Crippen molar-refractivity contribution >= 4 is 11.6 Å². The van der Waals surface area contributed by atoms with Crippen LogP contribution in [0.3, 0.4) is 0 Å². The molecule has 3 rings (SSSR count). The average molecular weight is 394 g/mol. The molecule has 0 saturated heterocycles. The Morgan fingerprint density at radius 2 is 1.72 bits per heavy atom. The van der Waals surface area contributed by atoms with E-state index in [0.717, 1.165) is 5.56 Å². The van der Waals surface area contributed by atoms with Gasteiger partial charge in [0.1, 0.15) is 5.82 Å². The zero-order chi connectivity index (χ0) is 21.0. The number of rotatable bonds is 7. The Kier molecular flexibility index (Phi) is 6.44. The van der Waals surface area contributed by atoms with Gasteiger partial charge in [0.05, 0.1) is 6.20 Å². The van der Waals surface area contributed by atoms with Crippen molar-refractivity contribution in [2.75, 3.05) is 5.32 Å². The molecule has 1 heterocycles. The molecule has 1 atom stereocenters. The van der Waals surface area contributed by atoms with Gasteiger partial charge in [-0.15, -0.1) is 0 Å². The van der Waals surface area contributed by atoms with Gasteiger partial charge >= 0.3 is 0 Å². The number of nitrogens with one attached hydrogen (secondary N) is 2. The Morgan fingerprint density at radius 3 is 2.31 bits per heavy atom. The molecule has 3 aromatic rings. The standard InChI is InChI=1S/C23H27FN4O/c1-15(2)28-17(4)22(14-26-28)16(3)25-13-18-5-7-19(8-6-18)23(29)27-21-11-9-20(24)10-12-21/h5-12,14-16,25H,13H2,1-4H3,(H,27,29)/t16-/m1/s1. The number of hydrogen-bond donors (Lipinski definition) is 2. The maximum absolute atomic E-state index is 13.0. The summed E-state index contributed by atoms with van der Waals surface area (Å²) in [6, 6.07) is 13.7. The predicted octanol–water partition coefficient (Wildman–Crippen LogP) is 5.01. The molecule has 0 aliphatic heterocycles. The van der Waals surface area contributed by atoms with Crippen molar-refractivity contribution in [1.82, 2.24) is 15.1 Å². The Labute approximate surface area is 170 Å². The number of anilines is 1. The number of nitrogens with zero attached hydrogens (tertiary/aromatic N) is 2. The molecule has 152 valence electrons. The molecule has 0 saturated carbocycles. The Balaban J connectivity index is 1.57. The van der Waals surface area contributed by atoms with Crippen LogP contribution < -0.4 is 10.6 Å². The van der Waals surface area contributed by atoms with Gasteiger partial charge in [0.2, 0.25) is 0 Å². The topological polar surface area (TPSA) is 59.0 Å².